The lowest BCUT2D eigenvalue weighted by Gasteiger charge is -2.32. The number of hydrogen-bond donors (Lipinski definition) is 1. The van der Waals surface area contributed by atoms with Gasteiger partial charge >= 0.3 is 0 Å². The van der Waals surface area contributed by atoms with Crippen LogP contribution in [0, 0.1) is 16.0 Å². The molecule has 1 amide bonds. The summed E-state index contributed by atoms with van der Waals surface area (Å²) >= 11 is 0. The van der Waals surface area contributed by atoms with E-state index in [0.29, 0.717) is 24.6 Å². The van der Waals surface area contributed by atoms with Crippen LogP contribution in [0.4, 0.5) is 11.4 Å². The van der Waals surface area contributed by atoms with Crippen molar-refractivity contribution in [2.24, 2.45) is 5.92 Å². The summed E-state index contributed by atoms with van der Waals surface area (Å²) in [5.41, 5.74) is 7.06. The van der Waals surface area contributed by atoms with Crippen LogP contribution < -0.4 is 10.5 Å². The molecular formula is C21H25N3O4. The number of carbonyl (C=O) groups excluding carboxylic acids is 1. The van der Waals surface area contributed by atoms with Crippen molar-refractivity contribution in [1.82, 2.24) is 4.90 Å². The van der Waals surface area contributed by atoms with E-state index in [1.165, 1.54) is 17.7 Å². The minimum atomic E-state index is -0.558. The highest BCUT2D eigenvalue weighted by Gasteiger charge is 2.25. The van der Waals surface area contributed by atoms with E-state index in [2.05, 4.69) is 12.1 Å². The number of nitro benzene ring substituents is 1. The summed E-state index contributed by atoms with van der Waals surface area (Å²) in [5.74, 6) is 1.27. The largest absolute Gasteiger partial charge is 0.497 e. The first-order chi connectivity index (χ1) is 13.5. The molecule has 1 aliphatic rings. The molecule has 1 saturated heterocycles. The number of anilines is 1. The minimum absolute atomic E-state index is 0.0683. The molecule has 148 valence electrons. The molecule has 28 heavy (non-hydrogen) atoms. The maximum Gasteiger partial charge on any atom is 0.292 e. The number of benzene rings is 2. The van der Waals surface area contributed by atoms with E-state index < -0.39 is 4.92 Å². The van der Waals surface area contributed by atoms with Crippen molar-refractivity contribution in [3.8, 4) is 5.75 Å². The monoisotopic (exact) mass is 383 g/mol. The van der Waals surface area contributed by atoms with Crippen LogP contribution in [0.2, 0.25) is 0 Å². The Morgan fingerprint density at radius 2 is 1.89 bits per heavy atom. The number of hydrogen-bond acceptors (Lipinski definition) is 5. The fraction of sp³-hybridized carbons (Fsp3) is 0.381. The first kappa shape index (κ1) is 19.7. The quantitative estimate of drug-likeness (QED) is 0.466. The van der Waals surface area contributed by atoms with Crippen LogP contribution in [0.3, 0.4) is 0 Å². The summed E-state index contributed by atoms with van der Waals surface area (Å²) in [6, 6.07) is 12.4. The first-order valence-electron chi connectivity index (χ1n) is 9.44. The Hall–Kier alpha value is -3.09. The SMILES string of the molecule is COc1ccc(CCC2CCN(C(=O)c3ccc(N)c([N+](=O)[O-])c3)CC2)cc1. The average Bonchev–Trinajstić information content (AvgIpc) is 2.72. The molecule has 0 spiro atoms. The summed E-state index contributed by atoms with van der Waals surface area (Å²) in [7, 11) is 1.66. The summed E-state index contributed by atoms with van der Waals surface area (Å²) < 4.78 is 5.18. The van der Waals surface area contributed by atoms with Gasteiger partial charge < -0.3 is 15.4 Å². The molecule has 1 fully saturated rings. The number of nitrogens with two attached hydrogens (primary N) is 1. The van der Waals surface area contributed by atoms with Gasteiger partial charge in [-0.25, -0.2) is 0 Å². The Bertz CT molecular complexity index is 843. The van der Waals surface area contributed by atoms with Crippen LogP contribution in [0.1, 0.15) is 35.2 Å². The van der Waals surface area contributed by atoms with Crippen molar-refractivity contribution in [2.45, 2.75) is 25.7 Å². The molecule has 0 aliphatic carbocycles. The van der Waals surface area contributed by atoms with Crippen LogP contribution in [0.25, 0.3) is 0 Å². The Morgan fingerprint density at radius 3 is 2.50 bits per heavy atom. The topological polar surface area (TPSA) is 98.7 Å². The zero-order valence-corrected chi connectivity index (χ0v) is 16.0. The van der Waals surface area contributed by atoms with Gasteiger partial charge in [0.2, 0.25) is 0 Å². The number of aryl methyl sites for hydroxylation is 1. The van der Waals surface area contributed by atoms with Gasteiger partial charge in [-0.2, -0.15) is 0 Å². The number of methoxy groups -OCH3 is 1. The molecule has 2 aromatic carbocycles. The van der Waals surface area contributed by atoms with E-state index in [-0.39, 0.29) is 17.3 Å². The molecule has 1 aliphatic heterocycles. The van der Waals surface area contributed by atoms with Gasteiger partial charge in [0.15, 0.2) is 0 Å². The summed E-state index contributed by atoms with van der Waals surface area (Å²) in [6.07, 6.45) is 3.98. The number of ether oxygens (including phenoxy) is 1. The van der Waals surface area contributed by atoms with Crippen LogP contribution in [-0.4, -0.2) is 35.9 Å². The highest BCUT2D eigenvalue weighted by Crippen LogP contribution is 2.26. The highest BCUT2D eigenvalue weighted by atomic mass is 16.6. The van der Waals surface area contributed by atoms with E-state index in [1.807, 2.05) is 12.1 Å². The maximum atomic E-state index is 12.7. The molecule has 7 heteroatoms. The molecule has 0 unspecified atom stereocenters. The molecular weight excluding hydrogens is 358 g/mol. The first-order valence-corrected chi connectivity index (χ1v) is 9.44. The zero-order chi connectivity index (χ0) is 20.1. The number of rotatable bonds is 6. The fourth-order valence-corrected chi connectivity index (χ4v) is 3.61. The zero-order valence-electron chi connectivity index (χ0n) is 16.0. The van der Waals surface area contributed by atoms with Crippen LogP contribution in [-0.2, 0) is 6.42 Å². The predicted octanol–water partition coefficient (Wildman–Crippen LogP) is 3.67. The molecule has 2 N–H and O–H groups in total. The summed E-state index contributed by atoms with van der Waals surface area (Å²) in [4.78, 5) is 24.9. The second-order valence-corrected chi connectivity index (χ2v) is 7.15. The second-order valence-electron chi connectivity index (χ2n) is 7.15. The third kappa shape index (κ3) is 4.60. The van der Waals surface area contributed by atoms with E-state index >= 15 is 0 Å². The average molecular weight is 383 g/mol. The van der Waals surface area contributed by atoms with Gasteiger partial charge in [0.05, 0.1) is 12.0 Å². The minimum Gasteiger partial charge on any atom is -0.497 e. The van der Waals surface area contributed by atoms with Gasteiger partial charge in [-0.15, -0.1) is 0 Å². The highest BCUT2D eigenvalue weighted by molar-refractivity contribution is 5.95. The lowest BCUT2D eigenvalue weighted by molar-refractivity contribution is -0.383. The van der Waals surface area contributed by atoms with Crippen molar-refractivity contribution >= 4 is 17.3 Å². The standard InChI is InChI=1S/C21H25N3O4/c1-28-18-7-4-15(5-8-18)2-3-16-10-12-23(13-11-16)21(25)17-6-9-19(22)20(14-17)24(26)27/h4-9,14,16H,2-3,10-13,22H2,1H3. The lowest BCUT2D eigenvalue weighted by Crippen LogP contribution is -2.38. The van der Waals surface area contributed by atoms with Crippen molar-refractivity contribution < 1.29 is 14.5 Å². The van der Waals surface area contributed by atoms with Crippen molar-refractivity contribution in [1.29, 1.82) is 0 Å². The van der Waals surface area contributed by atoms with Gasteiger partial charge in [0, 0.05) is 24.7 Å². The van der Waals surface area contributed by atoms with Gasteiger partial charge in [-0.05, 0) is 61.4 Å². The molecule has 0 radical (unpaired) electrons. The van der Waals surface area contributed by atoms with Gasteiger partial charge in [0.1, 0.15) is 11.4 Å². The molecule has 0 saturated carbocycles. The van der Waals surface area contributed by atoms with Gasteiger partial charge in [-0.3, -0.25) is 14.9 Å². The van der Waals surface area contributed by atoms with E-state index in [4.69, 9.17) is 10.5 Å². The van der Waals surface area contributed by atoms with Crippen molar-refractivity contribution in [2.75, 3.05) is 25.9 Å². The Balaban J connectivity index is 1.52. The molecule has 0 bridgehead atoms. The van der Waals surface area contributed by atoms with E-state index in [9.17, 15) is 14.9 Å². The summed E-state index contributed by atoms with van der Waals surface area (Å²) in [5, 5.41) is 11.0. The number of amides is 1. The van der Waals surface area contributed by atoms with Gasteiger partial charge in [-0.1, -0.05) is 12.1 Å². The third-order valence-electron chi connectivity index (χ3n) is 5.38. The number of nitrogens with zero attached hydrogens (tertiary/aromatic N) is 2. The Morgan fingerprint density at radius 1 is 1.21 bits per heavy atom. The molecule has 1 heterocycles. The number of nitro groups is 1. The van der Waals surface area contributed by atoms with Gasteiger partial charge in [0.25, 0.3) is 11.6 Å². The molecule has 7 nitrogen and oxygen atoms in total. The number of carbonyl (C=O) groups is 1. The fourth-order valence-electron chi connectivity index (χ4n) is 3.61. The smallest absolute Gasteiger partial charge is 0.292 e. The lowest BCUT2D eigenvalue weighted by atomic mass is 9.90. The number of nitrogen functional groups attached to an aromatic ring is 1. The molecule has 2 aromatic rings. The number of piperidine rings is 1. The van der Waals surface area contributed by atoms with Crippen molar-refractivity contribution in [3.05, 3.63) is 63.7 Å². The van der Waals surface area contributed by atoms with E-state index in [0.717, 1.165) is 31.4 Å². The van der Waals surface area contributed by atoms with Crippen molar-refractivity contribution in [3.63, 3.8) is 0 Å². The van der Waals surface area contributed by atoms with Crippen LogP contribution >= 0.6 is 0 Å². The number of likely N-dealkylation sites (tertiary alicyclic amines) is 1. The Kier molecular flexibility index (Phi) is 6.13. The predicted molar refractivity (Wildman–Crippen MR) is 107 cm³/mol. The van der Waals surface area contributed by atoms with Crippen LogP contribution in [0.5, 0.6) is 5.75 Å². The normalized spacial score (nSPS) is 14.7. The third-order valence-corrected chi connectivity index (χ3v) is 5.38. The Labute approximate surface area is 164 Å². The molecule has 0 atom stereocenters. The summed E-state index contributed by atoms with van der Waals surface area (Å²) in [6.45, 7) is 1.34. The van der Waals surface area contributed by atoms with E-state index in [1.54, 1.807) is 18.1 Å². The second kappa shape index (κ2) is 8.73. The maximum absolute atomic E-state index is 12.7. The van der Waals surface area contributed by atoms with Crippen LogP contribution in [0.15, 0.2) is 42.5 Å². The molecule has 3 rings (SSSR count). The molecule has 0 aromatic heterocycles.